The minimum absolute atomic E-state index is 0.317. The summed E-state index contributed by atoms with van der Waals surface area (Å²) in [5.41, 5.74) is 5.22. The summed E-state index contributed by atoms with van der Waals surface area (Å²) >= 11 is 0. The molecule has 2 aromatic heterocycles. The van der Waals surface area contributed by atoms with Crippen LogP contribution < -0.4 is 4.74 Å². The summed E-state index contributed by atoms with van der Waals surface area (Å²) in [4.78, 5) is 7.82. The van der Waals surface area contributed by atoms with Gasteiger partial charge in [0, 0.05) is 35.8 Å². The average Bonchev–Trinajstić information content (AvgIpc) is 2.96. The van der Waals surface area contributed by atoms with E-state index in [1.165, 1.54) is 22.7 Å². The van der Waals surface area contributed by atoms with Gasteiger partial charge in [0.05, 0.1) is 11.9 Å². The van der Waals surface area contributed by atoms with Crippen LogP contribution >= 0.6 is 0 Å². The third-order valence-corrected chi connectivity index (χ3v) is 6.63. The van der Waals surface area contributed by atoms with Gasteiger partial charge >= 0.3 is 0 Å². The summed E-state index contributed by atoms with van der Waals surface area (Å²) < 4.78 is 44.9. The van der Waals surface area contributed by atoms with Gasteiger partial charge in [-0.1, -0.05) is 6.08 Å². The van der Waals surface area contributed by atoms with Crippen molar-refractivity contribution in [2.75, 3.05) is 19.3 Å². The molecule has 2 aliphatic heterocycles. The quantitative estimate of drug-likeness (QED) is 0.717. The second kappa shape index (κ2) is 6.15. The fourth-order valence-electron chi connectivity index (χ4n) is 3.99. The normalized spacial score (nSPS) is 17.0. The summed E-state index contributed by atoms with van der Waals surface area (Å²) in [6.07, 6.45) is 5.46. The van der Waals surface area contributed by atoms with E-state index in [2.05, 4.69) is 9.97 Å². The second-order valence-electron chi connectivity index (χ2n) is 7.09. The molecule has 0 aliphatic carbocycles. The lowest BCUT2D eigenvalue weighted by atomic mass is 9.98. The van der Waals surface area contributed by atoms with Crippen molar-refractivity contribution >= 4 is 26.6 Å². The molecule has 3 aromatic rings. The third kappa shape index (κ3) is 2.71. The van der Waals surface area contributed by atoms with E-state index in [4.69, 9.17) is 4.74 Å². The highest BCUT2D eigenvalue weighted by Crippen LogP contribution is 2.42. The molecule has 0 saturated heterocycles. The lowest BCUT2D eigenvalue weighted by Gasteiger charge is -2.24. The van der Waals surface area contributed by atoms with Crippen molar-refractivity contribution < 1.29 is 17.5 Å². The topological polar surface area (TPSA) is 75.3 Å². The highest BCUT2D eigenvalue weighted by molar-refractivity contribution is 7.88. The Kier molecular flexibility index (Phi) is 3.82. The van der Waals surface area contributed by atoms with Gasteiger partial charge in [-0.25, -0.2) is 17.8 Å². The molecule has 0 radical (unpaired) electrons. The molecule has 0 saturated carbocycles. The van der Waals surface area contributed by atoms with E-state index in [0.29, 0.717) is 37.4 Å². The van der Waals surface area contributed by atoms with E-state index < -0.39 is 10.0 Å². The molecule has 1 N–H and O–H groups in total. The second-order valence-corrected chi connectivity index (χ2v) is 9.07. The Morgan fingerprint density at radius 2 is 2.11 bits per heavy atom. The van der Waals surface area contributed by atoms with Gasteiger partial charge in [-0.2, -0.15) is 4.31 Å². The van der Waals surface area contributed by atoms with Crippen LogP contribution in [0.1, 0.15) is 17.7 Å². The van der Waals surface area contributed by atoms with Crippen molar-refractivity contribution in [3.8, 4) is 16.9 Å². The number of aromatic amines is 1. The van der Waals surface area contributed by atoms with Crippen LogP contribution in [0.5, 0.6) is 5.75 Å². The van der Waals surface area contributed by atoms with Crippen LogP contribution in [0.2, 0.25) is 0 Å². The number of pyridine rings is 1. The predicted molar refractivity (Wildman–Crippen MR) is 105 cm³/mol. The van der Waals surface area contributed by atoms with Crippen LogP contribution in [0.3, 0.4) is 0 Å². The minimum atomic E-state index is -3.21. The van der Waals surface area contributed by atoms with Gasteiger partial charge < -0.3 is 9.72 Å². The fourth-order valence-corrected chi connectivity index (χ4v) is 4.76. The van der Waals surface area contributed by atoms with Crippen molar-refractivity contribution in [1.82, 2.24) is 14.3 Å². The summed E-state index contributed by atoms with van der Waals surface area (Å²) in [5.74, 6) is 0.319. The number of fused-ring (bicyclic) bond motifs is 2. The zero-order valence-electron chi connectivity index (χ0n) is 15.2. The number of ether oxygens (including phenoxy) is 1. The molecule has 144 valence electrons. The number of H-pyrrole nitrogens is 1. The van der Waals surface area contributed by atoms with E-state index >= 15 is 0 Å². The molecule has 28 heavy (non-hydrogen) atoms. The Morgan fingerprint density at radius 3 is 2.86 bits per heavy atom. The molecule has 0 unspecified atom stereocenters. The van der Waals surface area contributed by atoms with Crippen molar-refractivity contribution in [3.05, 3.63) is 53.6 Å². The van der Waals surface area contributed by atoms with Gasteiger partial charge in [-0.05, 0) is 41.8 Å². The van der Waals surface area contributed by atoms with Crippen LogP contribution in [0.15, 0.2) is 36.5 Å². The first-order chi connectivity index (χ1) is 13.4. The zero-order valence-corrected chi connectivity index (χ0v) is 16.0. The Morgan fingerprint density at radius 1 is 1.25 bits per heavy atom. The lowest BCUT2D eigenvalue weighted by molar-refractivity contribution is 0.309. The maximum Gasteiger partial charge on any atom is 0.211 e. The third-order valence-electron chi connectivity index (χ3n) is 5.36. The largest absolute Gasteiger partial charge is 0.488 e. The number of aromatic nitrogens is 2. The lowest BCUT2D eigenvalue weighted by Crippen LogP contribution is -2.33. The Bertz CT molecular complexity index is 1250. The summed E-state index contributed by atoms with van der Waals surface area (Å²) in [6, 6.07) is 6.40. The smallest absolute Gasteiger partial charge is 0.211 e. The number of hydrogen-bond donors (Lipinski definition) is 1. The molecule has 0 amide bonds. The first-order valence-electron chi connectivity index (χ1n) is 8.98. The van der Waals surface area contributed by atoms with Crippen molar-refractivity contribution in [1.29, 1.82) is 0 Å². The Balaban J connectivity index is 1.66. The molecule has 5 rings (SSSR count). The molecule has 0 bridgehead atoms. The molecule has 0 atom stereocenters. The molecule has 2 aliphatic rings. The number of sulfonamides is 1. The number of halogens is 1. The number of nitrogens with one attached hydrogen (secondary N) is 1. The van der Waals surface area contributed by atoms with Crippen molar-refractivity contribution in [2.45, 2.75) is 13.0 Å². The number of hydrogen-bond acceptors (Lipinski definition) is 4. The van der Waals surface area contributed by atoms with Gasteiger partial charge in [0.1, 0.15) is 23.8 Å². The van der Waals surface area contributed by atoms with Gasteiger partial charge in [0.2, 0.25) is 10.0 Å². The molecule has 0 fully saturated rings. The van der Waals surface area contributed by atoms with Gasteiger partial charge in [-0.15, -0.1) is 0 Å². The molecule has 4 heterocycles. The first-order valence-corrected chi connectivity index (χ1v) is 10.8. The summed E-state index contributed by atoms with van der Waals surface area (Å²) in [6.45, 7) is 1.11. The molecular weight excluding hydrogens is 381 g/mol. The van der Waals surface area contributed by atoms with Crippen LogP contribution in [0, 0.1) is 5.82 Å². The highest BCUT2D eigenvalue weighted by Gasteiger charge is 2.27. The van der Waals surface area contributed by atoms with E-state index in [0.717, 1.165) is 33.4 Å². The van der Waals surface area contributed by atoms with Gasteiger partial charge in [-0.3, -0.25) is 0 Å². The molecular formula is C20H18FN3O3S. The zero-order chi connectivity index (χ0) is 19.5. The highest BCUT2D eigenvalue weighted by atomic mass is 32.2. The molecule has 1 aromatic carbocycles. The van der Waals surface area contributed by atoms with E-state index in [-0.39, 0.29) is 5.82 Å². The Hall–Kier alpha value is -2.71. The van der Waals surface area contributed by atoms with Crippen LogP contribution in [0.4, 0.5) is 4.39 Å². The van der Waals surface area contributed by atoms with E-state index in [1.807, 2.05) is 12.1 Å². The van der Waals surface area contributed by atoms with Crippen LogP contribution in [0.25, 0.3) is 27.7 Å². The number of nitrogens with zero attached hydrogens (tertiary/aromatic N) is 2. The van der Waals surface area contributed by atoms with Crippen LogP contribution in [-0.4, -0.2) is 42.0 Å². The standard InChI is InChI=1S/C20H18FN3O3S/c1-28(25,26)24-8-5-12(6-9-24)19-16-11-27-17-3-2-13(21)10-15(17)14-4-7-22-20(23-19)18(14)16/h2-5,7,10H,6,8-9,11H2,1H3,(H,22,23). The van der Waals surface area contributed by atoms with Crippen molar-refractivity contribution in [2.24, 2.45) is 0 Å². The average molecular weight is 399 g/mol. The van der Waals surface area contributed by atoms with E-state index in [9.17, 15) is 12.8 Å². The molecule has 0 spiro atoms. The van der Waals surface area contributed by atoms with Crippen molar-refractivity contribution in [3.63, 3.8) is 0 Å². The summed E-state index contributed by atoms with van der Waals surface area (Å²) in [7, 11) is -3.21. The minimum Gasteiger partial charge on any atom is -0.488 e. The summed E-state index contributed by atoms with van der Waals surface area (Å²) in [5, 5.41) is 0.924. The SMILES string of the molecule is CS(=O)(=O)N1CC=C(c2[nH]c3nccc4c3c2COc2ccc(F)cc2-4)CC1. The fraction of sp³-hybridized carbons (Fsp3) is 0.250. The Labute approximate surface area is 161 Å². The number of rotatable bonds is 2. The number of benzene rings is 1. The van der Waals surface area contributed by atoms with Gasteiger partial charge in [0.25, 0.3) is 0 Å². The van der Waals surface area contributed by atoms with E-state index in [1.54, 1.807) is 12.3 Å². The van der Waals surface area contributed by atoms with Gasteiger partial charge in [0.15, 0.2) is 0 Å². The maximum atomic E-state index is 13.9. The monoisotopic (exact) mass is 399 g/mol. The molecule has 6 nitrogen and oxygen atoms in total. The first kappa shape index (κ1) is 17.4. The predicted octanol–water partition coefficient (Wildman–Crippen LogP) is 3.31. The van der Waals surface area contributed by atoms with Crippen LogP contribution in [-0.2, 0) is 16.6 Å². The molecule has 8 heteroatoms. The maximum absolute atomic E-state index is 13.9.